The van der Waals surface area contributed by atoms with Crippen molar-refractivity contribution in [3.63, 3.8) is 0 Å². The van der Waals surface area contributed by atoms with Crippen LogP contribution in [0, 0.1) is 0 Å². The van der Waals surface area contributed by atoms with Crippen molar-refractivity contribution in [2.24, 2.45) is 0 Å². The Morgan fingerprint density at radius 3 is 1.32 bits per heavy atom. The first kappa shape index (κ1) is 55.2. The lowest BCUT2D eigenvalue weighted by Gasteiger charge is -2.51. The molecule has 0 aromatic rings. The third-order valence-corrected chi connectivity index (χ3v) is 11.9. The van der Waals surface area contributed by atoms with Gasteiger partial charge < -0.3 is 150 Å². The summed E-state index contributed by atoms with van der Waals surface area (Å²) in [5.74, 6) is -5.20. The number of aliphatic hydroxyl groups is 20. The molecule has 5 aliphatic heterocycles. The van der Waals surface area contributed by atoms with E-state index >= 15 is 0 Å². The van der Waals surface area contributed by atoms with Crippen LogP contribution in [0.3, 0.4) is 0 Å². The molecule has 66 heavy (non-hydrogen) atoms. The van der Waals surface area contributed by atoms with E-state index in [1.54, 1.807) is 0 Å². The van der Waals surface area contributed by atoms with Crippen molar-refractivity contribution in [3.8, 4) is 0 Å². The molecule has 0 amide bonds. The molecule has 0 aromatic carbocycles. The second kappa shape index (κ2) is 23.0. The Bertz CT molecular complexity index is 1520. The topological polar surface area (TPSA) is 525 Å². The van der Waals surface area contributed by atoms with Crippen LogP contribution >= 0.6 is 0 Å². The van der Waals surface area contributed by atoms with Crippen molar-refractivity contribution in [2.45, 2.75) is 178 Å². The van der Waals surface area contributed by atoms with Crippen molar-refractivity contribution < 1.29 is 155 Å². The lowest BCUT2D eigenvalue weighted by Crippen LogP contribution is -2.70. The Hall–Kier alpha value is -1.69. The van der Waals surface area contributed by atoms with E-state index in [4.69, 9.17) is 42.6 Å². The van der Waals surface area contributed by atoms with Gasteiger partial charge in [-0.3, -0.25) is 0 Å². The fourth-order valence-corrected chi connectivity index (χ4v) is 8.10. The van der Waals surface area contributed by atoms with Crippen LogP contribution in [0.15, 0.2) is 0 Å². The molecule has 386 valence electrons. The molecule has 0 aromatic heterocycles. The first-order valence-electron chi connectivity index (χ1n) is 20.4. The van der Waals surface area contributed by atoms with Gasteiger partial charge in [-0.15, -0.1) is 0 Å². The van der Waals surface area contributed by atoms with Crippen LogP contribution in [0.1, 0.15) is 6.42 Å². The Morgan fingerprint density at radius 2 is 0.864 bits per heavy atom. The number of aliphatic carboxylic acids is 1. The zero-order valence-corrected chi connectivity index (χ0v) is 34.3. The van der Waals surface area contributed by atoms with Gasteiger partial charge in [0.15, 0.2) is 25.2 Å². The van der Waals surface area contributed by atoms with Gasteiger partial charge in [-0.05, 0) is 0 Å². The molecule has 21 N–H and O–H groups in total. The van der Waals surface area contributed by atoms with Crippen LogP contribution < -0.4 is 0 Å². The van der Waals surface area contributed by atoms with E-state index in [-0.39, 0.29) is 0 Å². The fourth-order valence-electron chi connectivity index (χ4n) is 8.10. The van der Waals surface area contributed by atoms with Crippen LogP contribution in [0.4, 0.5) is 0 Å². The summed E-state index contributed by atoms with van der Waals surface area (Å²) in [5.41, 5.74) is 0. The Balaban J connectivity index is 1.52. The molecule has 5 heterocycles. The first-order chi connectivity index (χ1) is 31.0. The predicted octanol–water partition coefficient (Wildman–Crippen LogP) is -14.0. The number of ether oxygens (including phenoxy) is 9. The van der Waals surface area contributed by atoms with Crippen molar-refractivity contribution >= 4 is 5.97 Å². The molecule has 5 rings (SSSR count). The summed E-state index contributed by atoms with van der Waals surface area (Å²) in [6.07, 6.45) is -59.6. The predicted molar refractivity (Wildman–Crippen MR) is 196 cm³/mol. The molecule has 0 aliphatic carbocycles. The highest BCUT2D eigenvalue weighted by atomic mass is 16.8. The van der Waals surface area contributed by atoms with E-state index in [9.17, 15) is 112 Å². The Kier molecular flexibility index (Phi) is 19.3. The molecule has 31 heteroatoms. The highest BCUT2D eigenvalue weighted by molar-refractivity contribution is 5.75. The van der Waals surface area contributed by atoms with Gasteiger partial charge in [0.25, 0.3) is 5.79 Å². The highest BCUT2D eigenvalue weighted by Gasteiger charge is 2.60. The minimum atomic E-state index is -3.16. The van der Waals surface area contributed by atoms with Gasteiger partial charge in [0.1, 0.15) is 134 Å². The van der Waals surface area contributed by atoms with Gasteiger partial charge >= 0.3 is 5.97 Å². The summed E-state index contributed by atoms with van der Waals surface area (Å²) in [5, 5.41) is 221. The number of carboxylic acid groups (broad SMARTS) is 1. The van der Waals surface area contributed by atoms with E-state index in [2.05, 4.69) is 0 Å². The summed E-state index contributed by atoms with van der Waals surface area (Å²) >= 11 is 0. The second-order valence-electron chi connectivity index (χ2n) is 16.4. The fraction of sp³-hybridized carbons (Fsp3) is 0.971. The minimum Gasteiger partial charge on any atom is -0.477 e. The summed E-state index contributed by atoms with van der Waals surface area (Å²) in [7, 11) is 0. The van der Waals surface area contributed by atoms with Gasteiger partial charge in [0.05, 0.1) is 39.1 Å². The summed E-state index contributed by atoms with van der Waals surface area (Å²) in [6.45, 7) is -5.64. The number of rotatable bonds is 18. The van der Waals surface area contributed by atoms with Crippen molar-refractivity contribution in [1.82, 2.24) is 0 Å². The number of aliphatic hydroxyl groups excluding tert-OH is 19. The first-order valence-corrected chi connectivity index (χ1v) is 20.4. The van der Waals surface area contributed by atoms with Crippen LogP contribution in [-0.4, -0.2) is 318 Å². The van der Waals surface area contributed by atoms with Crippen molar-refractivity contribution in [2.75, 3.05) is 33.0 Å². The van der Waals surface area contributed by atoms with E-state index in [1.807, 2.05) is 0 Å². The lowest BCUT2D eigenvalue weighted by molar-refractivity contribution is -0.412. The van der Waals surface area contributed by atoms with E-state index < -0.39 is 217 Å². The number of carboxylic acids is 1. The van der Waals surface area contributed by atoms with E-state index in [0.29, 0.717) is 0 Å². The van der Waals surface area contributed by atoms with Crippen LogP contribution in [0.5, 0.6) is 0 Å². The lowest BCUT2D eigenvalue weighted by atomic mass is 9.91. The van der Waals surface area contributed by atoms with Gasteiger partial charge in [0.2, 0.25) is 0 Å². The molecule has 5 aliphatic rings. The number of hydrogen-bond acceptors (Lipinski definition) is 30. The molecule has 28 atom stereocenters. The summed E-state index contributed by atoms with van der Waals surface area (Å²) in [6, 6.07) is 0. The smallest absolute Gasteiger partial charge is 0.364 e. The van der Waals surface area contributed by atoms with Crippen LogP contribution in [-0.2, 0) is 47.4 Å². The van der Waals surface area contributed by atoms with Gasteiger partial charge in [-0.25, -0.2) is 4.79 Å². The zero-order valence-electron chi connectivity index (χ0n) is 34.3. The Labute approximate surface area is 371 Å². The van der Waals surface area contributed by atoms with Crippen LogP contribution in [0.2, 0.25) is 0 Å². The quantitative estimate of drug-likeness (QED) is 0.0606. The molecule has 5 saturated heterocycles. The highest BCUT2D eigenvalue weighted by Crippen LogP contribution is 2.39. The van der Waals surface area contributed by atoms with Gasteiger partial charge in [-0.1, -0.05) is 0 Å². The second-order valence-corrected chi connectivity index (χ2v) is 16.4. The molecule has 0 radical (unpaired) electrons. The number of hydrogen-bond donors (Lipinski definition) is 21. The van der Waals surface area contributed by atoms with E-state index in [1.165, 1.54) is 0 Å². The molecule has 5 fully saturated rings. The monoisotopic (exact) mass is 976 g/mol. The minimum absolute atomic E-state index is 0.967. The average molecular weight is 977 g/mol. The maximum absolute atomic E-state index is 11.8. The molecule has 0 spiro atoms. The molecule has 0 bridgehead atoms. The maximum Gasteiger partial charge on any atom is 0.364 e. The average Bonchev–Trinajstić information content (AvgIpc) is 3.29. The molecular formula is C35H60O31. The molecular weight excluding hydrogens is 916 g/mol. The largest absolute Gasteiger partial charge is 0.477 e. The maximum atomic E-state index is 11.8. The standard InChI is InChI=1S/C35H60O31/c36-2-8(42)22-16(49)18(51)29(65-33-28(17(50)15(48)23(61-33)9(43)3-37)64-30-19(52)14(47)13(46)12(6-40)58-30)32(60-22)63-27-20(53)24(10(44)4-38)59-31(21(27)54)62-25-7(41)1-35(57,34(55)56)66-26(25)11(45)5-39/h7-33,36-54,57H,1-6H2,(H,55,56)/t7-,8+,9?,10+,11-,12-,13+,14+,15+,16+,17+,18+,19-,20-,21+,22-,23-,24-,25-,26-,27+,28+,29+,30+,31-,32-,33-,35-/m1/s1. The van der Waals surface area contributed by atoms with Gasteiger partial charge in [-0.2, -0.15) is 0 Å². The third kappa shape index (κ3) is 11.2. The molecule has 1 unspecified atom stereocenters. The molecule has 0 saturated carbocycles. The third-order valence-electron chi connectivity index (χ3n) is 11.9. The zero-order chi connectivity index (χ0) is 49.3. The van der Waals surface area contributed by atoms with Gasteiger partial charge in [0, 0.05) is 6.42 Å². The normalized spacial score (nSPS) is 48.9. The van der Waals surface area contributed by atoms with Crippen molar-refractivity contribution in [3.05, 3.63) is 0 Å². The summed E-state index contributed by atoms with van der Waals surface area (Å²) < 4.78 is 50.2. The van der Waals surface area contributed by atoms with Crippen molar-refractivity contribution in [1.29, 1.82) is 0 Å². The Morgan fingerprint density at radius 1 is 0.470 bits per heavy atom. The van der Waals surface area contributed by atoms with Crippen LogP contribution in [0.25, 0.3) is 0 Å². The number of carbonyl (C=O) groups is 1. The molecule has 31 nitrogen and oxygen atoms in total. The van der Waals surface area contributed by atoms with E-state index in [0.717, 1.165) is 0 Å². The summed E-state index contributed by atoms with van der Waals surface area (Å²) in [4.78, 5) is 11.8. The SMILES string of the molecule is O=C(O)[C@@]1(O)C[C@@H](O)[C@@H](O[C@H]2O[C@H]([C@@H](O)CO)[C@@H](O)[C@H](O[C@H]3O[C@H]([C@@H](O)CO)[C@@H](O)[C@H](O)[C@@H]3O[C@H]3O[C@H](C(O)CO)[C@@H](O)[C@H](O)[C@@H]3O[C@@H]3O[C@H](CO)[C@H](O)[C@H](O)[C@H]3O)[C@@H]2O)[C@@H]([C@H](O)CO)O1.